The first-order valence-electron chi connectivity index (χ1n) is 6.24. The Morgan fingerprint density at radius 3 is 2.44 bits per heavy atom. The zero-order valence-electron chi connectivity index (χ0n) is 10.6. The zero-order chi connectivity index (χ0) is 12.2. The summed E-state index contributed by atoms with van der Waals surface area (Å²) in [6.45, 7) is 6.58. The van der Waals surface area contributed by atoms with Crippen molar-refractivity contribution < 1.29 is 9.53 Å². The molecule has 0 aliphatic carbocycles. The van der Waals surface area contributed by atoms with Crippen LogP contribution in [0.5, 0.6) is 0 Å². The van der Waals surface area contributed by atoms with Crippen LogP contribution in [0.3, 0.4) is 0 Å². The lowest BCUT2D eigenvalue weighted by molar-refractivity contribution is -0.133. The van der Waals surface area contributed by atoms with Crippen molar-refractivity contribution in [1.29, 1.82) is 0 Å². The summed E-state index contributed by atoms with van der Waals surface area (Å²) < 4.78 is 5.55. The van der Waals surface area contributed by atoms with Crippen LogP contribution in [0.15, 0.2) is 0 Å². The predicted octanol–water partition coefficient (Wildman–Crippen LogP) is 1.19. The highest BCUT2D eigenvalue weighted by Crippen LogP contribution is 2.21. The van der Waals surface area contributed by atoms with Gasteiger partial charge in [0.25, 0.3) is 0 Å². The highest BCUT2D eigenvalue weighted by Gasteiger charge is 2.33. The summed E-state index contributed by atoms with van der Waals surface area (Å²) in [5.74, 6) is -0.00139. The zero-order valence-corrected chi connectivity index (χ0v) is 10.6. The number of hydrogen-bond acceptors (Lipinski definition) is 3. The quantitative estimate of drug-likeness (QED) is 0.743. The second kappa shape index (κ2) is 5.64. The molecule has 94 valence electrons. The summed E-state index contributed by atoms with van der Waals surface area (Å²) in [7, 11) is 0. The molecule has 0 aromatic carbocycles. The van der Waals surface area contributed by atoms with E-state index in [0.717, 1.165) is 25.7 Å². The Bertz CT molecular complexity index is 231. The summed E-state index contributed by atoms with van der Waals surface area (Å²) in [6, 6.07) is 0. The van der Waals surface area contributed by atoms with E-state index in [1.165, 1.54) is 0 Å². The highest BCUT2D eigenvalue weighted by atomic mass is 16.5. The smallest absolute Gasteiger partial charge is 0.249 e. The molecule has 0 bridgehead atoms. The number of nitrogens with one attached hydrogen (secondary N) is 1. The van der Waals surface area contributed by atoms with Gasteiger partial charge in [0.2, 0.25) is 5.91 Å². The Morgan fingerprint density at radius 2 is 2.06 bits per heavy atom. The molecule has 2 unspecified atom stereocenters. The summed E-state index contributed by atoms with van der Waals surface area (Å²) in [5.41, 5.74) is 5.49. The molecule has 1 rings (SSSR count). The first-order valence-corrected chi connectivity index (χ1v) is 6.24. The number of hydrogen-bond donors (Lipinski definition) is 2. The van der Waals surface area contributed by atoms with Gasteiger partial charge in [0, 0.05) is 6.54 Å². The maximum Gasteiger partial charge on any atom is 0.249 e. The number of carbonyl (C=O) groups is 1. The van der Waals surface area contributed by atoms with Gasteiger partial charge in [-0.25, -0.2) is 0 Å². The van der Waals surface area contributed by atoms with Gasteiger partial charge in [-0.2, -0.15) is 0 Å². The number of amides is 1. The molecule has 0 aromatic heterocycles. The van der Waals surface area contributed by atoms with Crippen molar-refractivity contribution in [2.75, 3.05) is 6.54 Å². The molecule has 4 heteroatoms. The minimum Gasteiger partial charge on any atom is -0.365 e. The van der Waals surface area contributed by atoms with Crippen LogP contribution in [0.4, 0.5) is 0 Å². The van der Waals surface area contributed by atoms with Crippen molar-refractivity contribution in [1.82, 2.24) is 5.32 Å². The van der Waals surface area contributed by atoms with Crippen LogP contribution in [0.1, 0.15) is 46.5 Å². The van der Waals surface area contributed by atoms with Crippen LogP contribution in [0.2, 0.25) is 0 Å². The lowest BCUT2D eigenvalue weighted by Gasteiger charge is -2.32. The van der Waals surface area contributed by atoms with Crippen LogP contribution >= 0.6 is 0 Å². The normalized spacial score (nSPS) is 25.8. The van der Waals surface area contributed by atoms with Gasteiger partial charge in [-0.3, -0.25) is 4.79 Å². The Labute approximate surface area is 97.9 Å². The molecule has 1 aliphatic heterocycles. The topological polar surface area (TPSA) is 64.3 Å². The number of rotatable bonds is 5. The monoisotopic (exact) mass is 228 g/mol. The van der Waals surface area contributed by atoms with Crippen LogP contribution in [0.25, 0.3) is 0 Å². The van der Waals surface area contributed by atoms with Gasteiger partial charge in [-0.1, -0.05) is 13.8 Å². The minimum atomic E-state index is -0.279. The SMILES string of the molecule is CCC(CC)(CN)NC(=O)C1CCC(C)O1. The largest absolute Gasteiger partial charge is 0.365 e. The van der Waals surface area contributed by atoms with E-state index in [9.17, 15) is 4.79 Å². The van der Waals surface area contributed by atoms with Gasteiger partial charge in [-0.15, -0.1) is 0 Å². The molecule has 0 spiro atoms. The average Bonchev–Trinajstić information content (AvgIpc) is 2.73. The Balaban J connectivity index is 2.55. The molecule has 4 nitrogen and oxygen atoms in total. The van der Waals surface area contributed by atoms with E-state index in [-0.39, 0.29) is 23.7 Å². The van der Waals surface area contributed by atoms with Crippen LogP contribution in [-0.4, -0.2) is 30.2 Å². The van der Waals surface area contributed by atoms with Crippen molar-refractivity contribution in [3.8, 4) is 0 Å². The maximum absolute atomic E-state index is 12.0. The molecule has 3 N–H and O–H groups in total. The van der Waals surface area contributed by atoms with E-state index >= 15 is 0 Å². The maximum atomic E-state index is 12.0. The molecule has 0 aromatic rings. The van der Waals surface area contributed by atoms with Crippen LogP contribution in [0, 0.1) is 0 Å². The van der Waals surface area contributed by atoms with Crippen molar-refractivity contribution in [2.45, 2.75) is 64.2 Å². The second-order valence-electron chi connectivity index (χ2n) is 4.69. The average molecular weight is 228 g/mol. The van der Waals surface area contributed by atoms with Crippen LogP contribution in [-0.2, 0) is 9.53 Å². The molecule has 1 fully saturated rings. The van der Waals surface area contributed by atoms with E-state index in [1.54, 1.807) is 0 Å². The van der Waals surface area contributed by atoms with Crippen molar-refractivity contribution in [3.05, 3.63) is 0 Å². The number of carbonyl (C=O) groups excluding carboxylic acids is 1. The Kier molecular flexibility index (Phi) is 4.74. The highest BCUT2D eigenvalue weighted by molar-refractivity contribution is 5.81. The molecule has 1 heterocycles. The lowest BCUT2D eigenvalue weighted by Crippen LogP contribution is -2.55. The third-order valence-electron chi connectivity index (χ3n) is 3.66. The van der Waals surface area contributed by atoms with E-state index in [2.05, 4.69) is 19.2 Å². The Hall–Kier alpha value is -0.610. The number of nitrogens with two attached hydrogens (primary N) is 1. The van der Waals surface area contributed by atoms with E-state index in [4.69, 9.17) is 10.5 Å². The molecular weight excluding hydrogens is 204 g/mol. The van der Waals surface area contributed by atoms with E-state index in [0.29, 0.717) is 6.54 Å². The third kappa shape index (κ3) is 2.95. The second-order valence-corrected chi connectivity index (χ2v) is 4.69. The third-order valence-corrected chi connectivity index (χ3v) is 3.66. The first-order chi connectivity index (χ1) is 7.56. The number of ether oxygens (including phenoxy) is 1. The lowest BCUT2D eigenvalue weighted by atomic mass is 9.92. The van der Waals surface area contributed by atoms with Gasteiger partial charge < -0.3 is 15.8 Å². The molecule has 16 heavy (non-hydrogen) atoms. The molecule has 0 radical (unpaired) electrons. The fourth-order valence-corrected chi connectivity index (χ4v) is 2.10. The molecule has 1 aliphatic rings. The summed E-state index contributed by atoms with van der Waals surface area (Å²) in [6.07, 6.45) is 3.42. The van der Waals surface area contributed by atoms with Crippen molar-refractivity contribution >= 4 is 5.91 Å². The minimum absolute atomic E-state index is 0.00139. The Morgan fingerprint density at radius 1 is 1.44 bits per heavy atom. The van der Waals surface area contributed by atoms with Gasteiger partial charge >= 0.3 is 0 Å². The predicted molar refractivity (Wildman–Crippen MR) is 64.1 cm³/mol. The molecule has 0 saturated carbocycles. The van der Waals surface area contributed by atoms with E-state index < -0.39 is 0 Å². The van der Waals surface area contributed by atoms with Crippen molar-refractivity contribution in [3.63, 3.8) is 0 Å². The van der Waals surface area contributed by atoms with Gasteiger partial charge in [0.05, 0.1) is 11.6 Å². The molecule has 1 amide bonds. The van der Waals surface area contributed by atoms with Crippen molar-refractivity contribution in [2.24, 2.45) is 5.73 Å². The van der Waals surface area contributed by atoms with E-state index in [1.807, 2.05) is 6.92 Å². The molecular formula is C12H24N2O2. The molecule has 2 atom stereocenters. The fraction of sp³-hybridized carbons (Fsp3) is 0.917. The fourth-order valence-electron chi connectivity index (χ4n) is 2.10. The standard InChI is InChI=1S/C12H24N2O2/c1-4-12(5-2,8-13)14-11(15)10-7-6-9(3)16-10/h9-10H,4-8,13H2,1-3H3,(H,14,15). The summed E-state index contributed by atoms with van der Waals surface area (Å²) in [4.78, 5) is 12.0. The van der Waals surface area contributed by atoms with Crippen LogP contribution < -0.4 is 11.1 Å². The first kappa shape index (κ1) is 13.5. The summed E-state index contributed by atoms with van der Waals surface area (Å²) in [5, 5.41) is 3.05. The van der Waals surface area contributed by atoms with Gasteiger partial charge in [0.1, 0.15) is 6.10 Å². The van der Waals surface area contributed by atoms with Gasteiger partial charge in [0.15, 0.2) is 0 Å². The van der Waals surface area contributed by atoms with Gasteiger partial charge in [-0.05, 0) is 32.6 Å². The summed E-state index contributed by atoms with van der Waals surface area (Å²) >= 11 is 0. The molecule has 1 saturated heterocycles.